The lowest BCUT2D eigenvalue weighted by atomic mass is 9.94. The number of hydrogen-bond acceptors (Lipinski definition) is 5. The van der Waals surface area contributed by atoms with Gasteiger partial charge in [-0.1, -0.05) is 6.07 Å². The minimum Gasteiger partial charge on any atom is -0.444 e. The van der Waals surface area contributed by atoms with E-state index in [0.717, 1.165) is 36.8 Å². The molecule has 7 heteroatoms. The molecular formula is C22H28N4O3. The van der Waals surface area contributed by atoms with E-state index in [1.54, 1.807) is 4.90 Å². The molecule has 154 valence electrons. The molecule has 1 aromatic rings. The first-order valence-corrected chi connectivity index (χ1v) is 10.3. The molecule has 3 unspecified atom stereocenters. The molecule has 3 aliphatic heterocycles. The summed E-state index contributed by atoms with van der Waals surface area (Å²) in [5.41, 5.74) is 2.22. The van der Waals surface area contributed by atoms with Gasteiger partial charge in [0.2, 0.25) is 0 Å². The van der Waals surface area contributed by atoms with Crippen LogP contribution in [0.25, 0.3) is 0 Å². The number of hydrogen-bond donors (Lipinski definition) is 1. The van der Waals surface area contributed by atoms with Crippen molar-refractivity contribution in [1.29, 1.82) is 5.26 Å². The van der Waals surface area contributed by atoms with Gasteiger partial charge in [0.1, 0.15) is 5.60 Å². The first-order chi connectivity index (χ1) is 13.7. The molecule has 4 rings (SSSR count). The zero-order valence-electron chi connectivity index (χ0n) is 17.3. The monoisotopic (exact) mass is 396 g/mol. The third-order valence-corrected chi connectivity index (χ3v) is 6.10. The zero-order valence-corrected chi connectivity index (χ0v) is 17.3. The van der Waals surface area contributed by atoms with Gasteiger partial charge in [0.05, 0.1) is 12.1 Å². The second-order valence-electron chi connectivity index (χ2n) is 9.26. The summed E-state index contributed by atoms with van der Waals surface area (Å²) in [7, 11) is 0. The fourth-order valence-electron chi connectivity index (χ4n) is 4.73. The van der Waals surface area contributed by atoms with Crippen LogP contribution in [0.15, 0.2) is 18.2 Å². The number of ether oxygens (including phenoxy) is 1. The van der Waals surface area contributed by atoms with Gasteiger partial charge in [-0.3, -0.25) is 4.79 Å². The van der Waals surface area contributed by atoms with Crippen molar-refractivity contribution in [2.75, 3.05) is 6.54 Å². The maximum Gasteiger partial charge on any atom is 0.410 e. The Balaban J connectivity index is 1.43. The van der Waals surface area contributed by atoms with Crippen LogP contribution >= 0.6 is 0 Å². The molecule has 7 nitrogen and oxygen atoms in total. The number of rotatable bonds is 2. The van der Waals surface area contributed by atoms with Gasteiger partial charge >= 0.3 is 6.09 Å². The molecule has 2 amide bonds. The van der Waals surface area contributed by atoms with Crippen LogP contribution in [0.2, 0.25) is 0 Å². The van der Waals surface area contributed by atoms with E-state index in [1.165, 1.54) is 0 Å². The maximum absolute atomic E-state index is 12.8. The SMILES string of the molecule is CC(C)(C)OC(=O)N1CCc2ccc(C(=O)NC3CC4CCC3N4C#N)cc2C1. The maximum atomic E-state index is 12.8. The molecule has 0 saturated carbocycles. The smallest absolute Gasteiger partial charge is 0.410 e. The van der Waals surface area contributed by atoms with Gasteiger partial charge < -0.3 is 19.9 Å². The van der Waals surface area contributed by atoms with Crippen LogP contribution in [0.3, 0.4) is 0 Å². The Labute approximate surface area is 171 Å². The Hall–Kier alpha value is -2.75. The molecule has 0 spiro atoms. The lowest BCUT2D eigenvalue weighted by molar-refractivity contribution is 0.0224. The van der Waals surface area contributed by atoms with Gasteiger partial charge in [-0.15, -0.1) is 0 Å². The third kappa shape index (κ3) is 3.89. The van der Waals surface area contributed by atoms with Crippen molar-refractivity contribution in [3.8, 4) is 6.19 Å². The first kappa shape index (κ1) is 19.6. The van der Waals surface area contributed by atoms with E-state index in [0.29, 0.717) is 18.7 Å². The topological polar surface area (TPSA) is 85.7 Å². The Kier molecular flexibility index (Phi) is 4.89. The second kappa shape index (κ2) is 7.25. The van der Waals surface area contributed by atoms with Crippen LogP contribution in [0.5, 0.6) is 0 Å². The summed E-state index contributed by atoms with van der Waals surface area (Å²) in [6.45, 7) is 6.63. The zero-order chi connectivity index (χ0) is 20.8. The van der Waals surface area contributed by atoms with Crippen LogP contribution in [0.1, 0.15) is 61.5 Å². The van der Waals surface area contributed by atoms with E-state index in [9.17, 15) is 14.9 Å². The van der Waals surface area contributed by atoms with E-state index in [-0.39, 0.29) is 30.1 Å². The van der Waals surface area contributed by atoms with Gasteiger partial charge in [-0.2, -0.15) is 5.26 Å². The summed E-state index contributed by atoms with van der Waals surface area (Å²) in [5, 5.41) is 12.4. The molecular weight excluding hydrogens is 368 g/mol. The first-order valence-electron chi connectivity index (χ1n) is 10.3. The van der Waals surface area contributed by atoms with Gasteiger partial charge in [-0.05, 0) is 69.7 Å². The largest absolute Gasteiger partial charge is 0.444 e. The molecule has 3 aliphatic rings. The number of benzene rings is 1. The molecule has 2 fully saturated rings. The van der Waals surface area contributed by atoms with Gasteiger partial charge in [0.15, 0.2) is 6.19 Å². The van der Waals surface area contributed by atoms with Crippen molar-refractivity contribution < 1.29 is 14.3 Å². The minimum absolute atomic E-state index is 0.0233. The number of nitrogens with zero attached hydrogens (tertiary/aromatic N) is 3. The van der Waals surface area contributed by atoms with Crippen LogP contribution < -0.4 is 5.32 Å². The van der Waals surface area contributed by atoms with E-state index in [2.05, 4.69) is 11.5 Å². The van der Waals surface area contributed by atoms with E-state index >= 15 is 0 Å². The third-order valence-electron chi connectivity index (χ3n) is 6.10. The van der Waals surface area contributed by atoms with Crippen LogP contribution in [0.4, 0.5) is 4.79 Å². The molecule has 3 heterocycles. The number of nitrogens with one attached hydrogen (secondary N) is 1. The van der Waals surface area contributed by atoms with Crippen molar-refractivity contribution in [3.05, 3.63) is 34.9 Å². The summed E-state index contributed by atoms with van der Waals surface area (Å²) in [4.78, 5) is 28.8. The van der Waals surface area contributed by atoms with Crippen molar-refractivity contribution in [2.24, 2.45) is 0 Å². The quantitative estimate of drug-likeness (QED) is 0.777. The minimum atomic E-state index is -0.531. The molecule has 29 heavy (non-hydrogen) atoms. The fraction of sp³-hybridized carbons (Fsp3) is 0.591. The number of carbonyl (C=O) groups excluding carboxylic acids is 2. The molecule has 2 saturated heterocycles. The second-order valence-corrected chi connectivity index (χ2v) is 9.26. The molecule has 0 radical (unpaired) electrons. The fourth-order valence-corrected chi connectivity index (χ4v) is 4.73. The van der Waals surface area contributed by atoms with Crippen molar-refractivity contribution in [3.63, 3.8) is 0 Å². The van der Waals surface area contributed by atoms with Crippen LogP contribution in [-0.2, 0) is 17.7 Å². The van der Waals surface area contributed by atoms with Crippen LogP contribution in [-0.4, -0.2) is 52.1 Å². The van der Waals surface area contributed by atoms with Gasteiger partial charge in [0.25, 0.3) is 5.91 Å². The number of amides is 2. The Morgan fingerprint density at radius 2 is 2.03 bits per heavy atom. The average Bonchev–Trinajstić information content (AvgIpc) is 3.22. The Bertz CT molecular complexity index is 870. The summed E-state index contributed by atoms with van der Waals surface area (Å²) >= 11 is 0. The highest BCUT2D eigenvalue weighted by molar-refractivity contribution is 5.94. The molecule has 2 bridgehead atoms. The predicted octanol–water partition coefficient (Wildman–Crippen LogP) is 2.80. The van der Waals surface area contributed by atoms with Crippen molar-refractivity contribution >= 4 is 12.0 Å². The number of carbonyl (C=O) groups is 2. The molecule has 0 aliphatic carbocycles. The van der Waals surface area contributed by atoms with E-state index in [4.69, 9.17) is 4.74 Å². The Morgan fingerprint density at radius 3 is 2.72 bits per heavy atom. The average molecular weight is 396 g/mol. The molecule has 3 atom stereocenters. The van der Waals surface area contributed by atoms with Crippen molar-refractivity contribution in [2.45, 2.75) is 76.7 Å². The number of fused-ring (bicyclic) bond motifs is 3. The highest BCUT2D eigenvalue weighted by Crippen LogP contribution is 2.37. The Morgan fingerprint density at radius 1 is 1.24 bits per heavy atom. The van der Waals surface area contributed by atoms with Crippen LogP contribution in [0, 0.1) is 11.5 Å². The van der Waals surface area contributed by atoms with E-state index < -0.39 is 5.60 Å². The molecule has 1 N–H and O–H groups in total. The highest BCUT2D eigenvalue weighted by Gasteiger charge is 2.46. The normalized spacial score (nSPS) is 25.4. The van der Waals surface area contributed by atoms with E-state index in [1.807, 2.05) is 43.9 Å². The lowest BCUT2D eigenvalue weighted by Gasteiger charge is -2.31. The summed E-state index contributed by atoms with van der Waals surface area (Å²) in [5.74, 6) is -0.113. The molecule has 1 aromatic carbocycles. The van der Waals surface area contributed by atoms with Gasteiger partial charge in [0, 0.05) is 24.7 Å². The highest BCUT2D eigenvalue weighted by atomic mass is 16.6. The summed E-state index contributed by atoms with van der Waals surface area (Å²) in [6, 6.07) is 6.13. The predicted molar refractivity (Wildman–Crippen MR) is 107 cm³/mol. The lowest BCUT2D eigenvalue weighted by Crippen LogP contribution is -2.43. The molecule has 0 aromatic heterocycles. The summed E-state index contributed by atoms with van der Waals surface area (Å²) < 4.78 is 5.48. The number of nitriles is 1. The standard InChI is InChI=1S/C22H28N4O3/c1-22(2,3)29-21(28)25-9-8-14-4-5-15(10-16(14)12-25)20(27)24-18-11-17-6-7-19(18)26(17)13-23/h4-5,10,17-19H,6-9,11-12H2,1-3H3,(H,24,27). The summed E-state index contributed by atoms with van der Waals surface area (Å²) in [6.07, 6.45) is 5.52. The van der Waals surface area contributed by atoms with Gasteiger partial charge in [-0.25, -0.2) is 4.79 Å². The van der Waals surface area contributed by atoms with Crippen molar-refractivity contribution in [1.82, 2.24) is 15.1 Å².